The number of hydrogen-bond acceptors (Lipinski definition) is 8. The molecule has 6 rings (SSSR count). The van der Waals surface area contributed by atoms with Gasteiger partial charge in [0.05, 0.1) is 38.4 Å². The topological polar surface area (TPSA) is 139 Å². The van der Waals surface area contributed by atoms with Crippen LogP contribution >= 0.6 is 22.9 Å². The molecule has 3 aromatic rings. The van der Waals surface area contributed by atoms with E-state index in [0.29, 0.717) is 40.8 Å². The molecule has 2 fully saturated rings. The van der Waals surface area contributed by atoms with Crippen LogP contribution in [0.1, 0.15) is 56.7 Å². The summed E-state index contributed by atoms with van der Waals surface area (Å²) in [6.45, 7) is 8.90. The number of nitrogens with two attached hydrogens (primary N) is 1. The molecule has 0 unspecified atom stereocenters. The number of carbonyl (C=O) groups excluding carboxylic acids is 2. The number of carbonyl (C=O) groups is 2. The second-order valence-corrected chi connectivity index (χ2v) is 13.5. The number of rotatable bonds is 5. The number of primary amides is 1. The third-order valence-electron chi connectivity index (χ3n) is 8.10. The normalized spacial score (nSPS) is 24.7. The first-order valence-electron chi connectivity index (χ1n) is 13.7. The van der Waals surface area contributed by atoms with Crippen molar-refractivity contribution in [2.45, 2.75) is 64.5 Å². The summed E-state index contributed by atoms with van der Waals surface area (Å²) in [5, 5.41) is 5.02. The highest BCUT2D eigenvalue weighted by Crippen LogP contribution is 2.46. The summed E-state index contributed by atoms with van der Waals surface area (Å²) in [5.41, 5.74) is 8.07. The first kappa shape index (κ1) is 27.0. The van der Waals surface area contributed by atoms with Crippen LogP contribution in [-0.4, -0.2) is 61.6 Å². The number of aromatic amines is 1. The van der Waals surface area contributed by atoms with Crippen molar-refractivity contribution in [2.75, 3.05) is 18.4 Å². The number of imidazole rings is 1. The maximum atomic E-state index is 12.5. The third-order valence-corrected chi connectivity index (χ3v) is 9.71. The smallest absolute Gasteiger partial charge is 0.410 e. The van der Waals surface area contributed by atoms with Gasteiger partial charge in [0.15, 0.2) is 11.5 Å². The largest absolute Gasteiger partial charge is 0.444 e. The fraction of sp³-hybridized carbons (Fsp3) is 0.536. The lowest BCUT2D eigenvalue weighted by Crippen LogP contribution is -2.41. The highest BCUT2D eigenvalue weighted by atomic mass is 35.5. The number of halogens is 1. The number of aromatic nitrogens is 4. The van der Waals surface area contributed by atoms with Crippen LogP contribution in [0.25, 0.3) is 21.9 Å². The summed E-state index contributed by atoms with van der Waals surface area (Å²) in [6, 6.07) is -0.134. The van der Waals surface area contributed by atoms with Gasteiger partial charge in [0.2, 0.25) is 5.91 Å². The van der Waals surface area contributed by atoms with Crippen LogP contribution in [0, 0.1) is 24.7 Å². The molecule has 2 amide bonds. The Balaban J connectivity index is 1.22. The van der Waals surface area contributed by atoms with E-state index in [1.807, 2.05) is 27.7 Å². The van der Waals surface area contributed by atoms with E-state index in [0.717, 1.165) is 34.8 Å². The molecule has 3 aliphatic rings. The van der Waals surface area contributed by atoms with E-state index in [4.69, 9.17) is 32.0 Å². The van der Waals surface area contributed by atoms with Crippen LogP contribution in [0.5, 0.6) is 0 Å². The van der Waals surface area contributed by atoms with Crippen molar-refractivity contribution in [2.24, 2.45) is 23.5 Å². The van der Waals surface area contributed by atoms with Gasteiger partial charge >= 0.3 is 6.09 Å². The molecule has 0 spiro atoms. The molecular formula is C28H34ClN7O3S. The molecule has 0 radical (unpaired) electrons. The van der Waals surface area contributed by atoms with Crippen LogP contribution in [0.15, 0.2) is 18.3 Å². The van der Waals surface area contributed by atoms with Crippen LogP contribution < -0.4 is 11.1 Å². The summed E-state index contributed by atoms with van der Waals surface area (Å²) in [4.78, 5) is 45.0. The number of nitrogens with zero attached hydrogens (tertiary/aromatic N) is 4. The number of pyridine rings is 1. The second-order valence-electron chi connectivity index (χ2n) is 12.0. The fourth-order valence-electron chi connectivity index (χ4n) is 6.20. The van der Waals surface area contributed by atoms with Gasteiger partial charge in [-0.2, -0.15) is 0 Å². The number of hydrogen-bond donors (Lipinski definition) is 3. The summed E-state index contributed by atoms with van der Waals surface area (Å²) in [7, 11) is 0. The Bertz CT molecular complexity index is 1500. The SMILES string of the molecule is Cc1nc(C2CCN(C(=O)OC(C)(C)C)CC2)sc1-c1nc2ncc(Cl)c(N[C@H]3[C@@H](C(N)=O)[C@@H]4C=C[C@H]3C4)c2[nH]1. The molecule has 1 saturated carbocycles. The number of ether oxygens (including phenoxy) is 1. The van der Waals surface area contributed by atoms with Crippen LogP contribution in [0.4, 0.5) is 10.5 Å². The van der Waals surface area contributed by atoms with Gasteiger partial charge in [0.1, 0.15) is 11.1 Å². The highest BCUT2D eigenvalue weighted by molar-refractivity contribution is 7.15. The van der Waals surface area contributed by atoms with Crippen molar-refractivity contribution in [1.82, 2.24) is 24.8 Å². The van der Waals surface area contributed by atoms with Gasteiger partial charge in [0.25, 0.3) is 0 Å². The van der Waals surface area contributed by atoms with Crippen LogP contribution in [0.2, 0.25) is 5.02 Å². The first-order valence-corrected chi connectivity index (χ1v) is 14.9. The Hall–Kier alpha value is -3.18. The van der Waals surface area contributed by atoms with Crippen molar-refractivity contribution in [3.63, 3.8) is 0 Å². The maximum Gasteiger partial charge on any atom is 0.410 e. The van der Waals surface area contributed by atoms with Crippen molar-refractivity contribution >= 4 is 51.8 Å². The summed E-state index contributed by atoms with van der Waals surface area (Å²) >= 11 is 8.24. The zero-order valence-electron chi connectivity index (χ0n) is 23.0. The Kier molecular flexibility index (Phi) is 6.77. The molecule has 10 nitrogen and oxygen atoms in total. The van der Waals surface area contributed by atoms with E-state index in [1.54, 1.807) is 22.4 Å². The Morgan fingerprint density at radius 2 is 1.93 bits per heavy atom. The Labute approximate surface area is 241 Å². The zero-order chi connectivity index (χ0) is 28.3. The molecule has 2 aliphatic carbocycles. The number of fused-ring (bicyclic) bond motifs is 3. The van der Waals surface area contributed by atoms with Crippen molar-refractivity contribution in [3.05, 3.63) is 34.1 Å². The summed E-state index contributed by atoms with van der Waals surface area (Å²) < 4.78 is 5.53. The molecule has 1 saturated heterocycles. The fourth-order valence-corrected chi connectivity index (χ4v) is 7.58. The predicted octanol–water partition coefficient (Wildman–Crippen LogP) is 5.25. The number of allylic oxidation sites excluding steroid dienone is 1. The lowest BCUT2D eigenvalue weighted by Gasteiger charge is -2.32. The van der Waals surface area contributed by atoms with E-state index >= 15 is 0 Å². The molecule has 1 aliphatic heterocycles. The lowest BCUT2D eigenvalue weighted by molar-refractivity contribution is -0.122. The van der Waals surface area contributed by atoms with Gasteiger partial charge < -0.3 is 25.7 Å². The number of aryl methyl sites for hydroxylation is 1. The molecule has 4 N–H and O–H groups in total. The average Bonchev–Trinajstić information content (AvgIpc) is 3.67. The molecule has 3 aromatic heterocycles. The number of anilines is 1. The summed E-state index contributed by atoms with van der Waals surface area (Å²) in [5.74, 6) is 0.733. The zero-order valence-corrected chi connectivity index (χ0v) is 24.6. The molecule has 40 heavy (non-hydrogen) atoms. The van der Waals surface area contributed by atoms with E-state index in [9.17, 15) is 9.59 Å². The number of piperidine rings is 1. The molecule has 0 aromatic carbocycles. The molecule has 212 valence electrons. The molecular weight excluding hydrogens is 550 g/mol. The van der Waals surface area contributed by atoms with Crippen LogP contribution in [-0.2, 0) is 9.53 Å². The Morgan fingerprint density at radius 1 is 1.20 bits per heavy atom. The third kappa shape index (κ3) is 4.94. The van der Waals surface area contributed by atoms with Gasteiger partial charge in [-0.25, -0.2) is 19.7 Å². The number of thiazole rings is 1. The highest BCUT2D eigenvalue weighted by Gasteiger charge is 2.47. The minimum Gasteiger partial charge on any atom is -0.444 e. The maximum absolute atomic E-state index is 12.5. The second kappa shape index (κ2) is 10.0. The molecule has 2 bridgehead atoms. The number of likely N-dealkylation sites (tertiary alicyclic amines) is 1. The van der Waals surface area contributed by atoms with Gasteiger partial charge in [-0.1, -0.05) is 23.8 Å². The predicted molar refractivity (Wildman–Crippen MR) is 155 cm³/mol. The summed E-state index contributed by atoms with van der Waals surface area (Å²) in [6.07, 6.45) is 8.15. The first-order chi connectivity index (χ1) is 19.0. The number of nitrogens with one attached hydrogen (secondary N) is 2. The van der Waals surface area contributed by atoms with E-state index < -0.39 is 5.60 Å². The molecule has 4 atom stereocenters. The number of amides is 2. The number of H-pyrrole nitrogens is 1. The molecule has 4 heterocycles. The minimum absolute atomic E-state index is 0.134. The van der Waals surface area contributed by atoms with Crippen molar-refractivity contribution in [1.29, 1.82) is 0 Å². The van der Waals surface area contributed by atoms with Crippen molar-refractivity contribution in [3.8, 4) is 10.7 Å². The lowest BCUT2D eigenvalue weighted by atomic mass is 9.88. The van der Waals surface area contributed by atoms with E-state index in [2.05, 4.69) is 27.4 Å². The van der Waals surface area contributed by atoms with Gasteiger partial charge in [-0.15, -0.1) is 11.3 Å². The van der Waals surface area contributed by atoms with Gasteiger partial charge in [-0.3, -0.25) is 4.79 Å². The molecule has 12 heteroatoms. The van der Waals surface area contributed by atoms with Gasteiger partial charge in [0, 0.05) is 25.0 Å². The van der Waals surface area contributed by atoms with E-state index in [-0.39, 0.29) is 41.7 Å². The average molecular weight is 584 g/mol. The van der Waals surface area contributed by atoms with Crippen LogP contribution in [0.3, 0.4) is 0 Å². The Morgan fingerprint density at radius 3 is 2.62 bits per heavy atom. The quantitative estimate of drug-likeness (QED) is 0.349. The monoisotopic (exact) mass is 583 g/mol. The van der Waals surface area contributed by atoms with Crippen molar-refractivity contribution < 1.29 is 14.3 Å². The van der Waals surface area contributed by atoms with E-state index in [1.165, 1.54) is 0 Å². The van der Waals surface area contributed by atoms with Gasteiger partial charge in [-0.05, 0) is 58.8 Å². The minimum atomic E-state index is -0.506. The standard InChI is InChI=1S/C28H34ClN7O3S/c1-13-22(40-26(32-13)14-7-9-36(10-8-14)27(38)39-28(2,3)4)25-34-21-20(17(29)12-31-24(21)35-25)33-19-16-6-5-15(11-16)18(19)23(30)37/h5-6,12,14-16,18-19H,7-11H2,1-4H3,(H2,30,37)(H2,31,33,34,35)/t15-,16+,18+,19-/m1/s1.